The summed E-state index contributed by atoms with van der Waals surface area (Å²) < 4.78 is 4.42. The van der Waals surface area contributed by atoms with Gasteiger partial charge in [-0.2, -0.15) is 0 Å². The van der Waals surface area contributed by atoms with E-state index >= 15 is 0 Å². The maximum absolute atomic E-state index is 10.8. The van der Waals surface area contributed by atoms with E-state index in [1.54, 1.807) is 0 Å². The Labute approximate surface area is 90.3 Å². The Morgan fingerprint density at radius 3 is 2.19 bits per heavy atom. The fourth-order valence-corrected chi connectivity index (χ4v) is 1.39. The molecule has 1 saturated heterocycles. The second-order valence-corrected chi connectivity index (χ2v) is 3.57. The molecule has 8 nitrogen and oxygen atoms in total. The van der Waals surface area contributed by atoms with Crippen molar-refractivity contribution in [1.29, 1.82) is 0 Å². The third-order valence-electron chi connectivity index (χ3n) is 2.42. The van der Waals surface area contributed by atoms with Crippen molar-refractivity contribution < 1.29 is 40.2 Å². The summed E-state index contributed by atoms with van der Waals surface area (Å²) in [5.41, 5.74) is 0. The average molecular weight is 238 g/mol. The number of aliphatic hydroxyl groups excluding tert-OH is 6. The molecular weight excluding hydrogens is 224 g/mol. The van der Waals surface area contributed by atoms with Gasteiger partial charge in [0.15, 0.2) is 12.2 Å². The molecule has 1 fully saturated rings. The Hall–Kier alpha value is -0.770. The molecule has 0 unspecified atom stereocenters. The summed E-state index contributed by atoms with van der Waals surface area (Å²) in [5.74, 6) is -1.12. The van der Waals surface area contributed by atoms with Crippen LogP contribution in [-0.4, -0.2) is 79.8 Å². The first kappa shape index (κ1) is 13.3. The summed E-state index contributed by atoms with van der Waals surface area (Å²) in [5, 5.41) is 54.6. The second kappa shape index (κ2) is 5.04. The molecule has 0 spiro atoms. The third kappa shape index (κ3) is 2.32. The van der Waals surface area contributed by atoms with Crippen molar-refractivity contribution in [3.05, 3.63) is 0 Å². The summed E-state index contributed by atoms with van der Waals surface area (Å²) in [4.78, 5) is 10.8. The van der Waals surface area contributed by atoms with Gasteiger partial charge in [-0.1, -0.05) is 0 Å². The van der Waals surface area contributed by atoms with E-state index in [-0.39, 0.29) is 0 Å². The first-order chi connectivity index (χ1) is 7.40. The highest BCUT2D eigenvalue weighted by Gasteiger charge is 2.48. The first-order valence-corrected chi connectivity index (χ1v) is 4.61. The predicted octanol–water partition coefficient (Wildman–Crippen LogP) is -4.29. The second-order valence-electron chi connectivity index (χ2n) is 3.57. The van der Waals surface area contributed by atoms with Gasteiger partial charge in [0.25, 0.3) is 0 Å². The molecule has 1 heterocycles. The number of hydrogen-bond donors (Lipinski definition) is 6. The topological polar surface area (TPSA) is 148 Å². The molecule has 16 heavy (non-hydrogen) atoms. The van der Waals surface area contributed by atoms with E-state index in [2.05, 4.69) is 4.74 Å². The van der Waals surface area contributed by atoms with Crippen molar-refractivity contribution in [2.45, 2.75) is 36.6 Å². The smallest absolute Gasteiger partial charge is 0.338 e. The van der Waals surface area contributed by atoms with Crippen LogP contribution in [0.5, 0.6) is 0 Å². The summed E-state index contributed by atoms with van der Waals surface area (Å²) in [6, 6.07) is 0. The minimum absolute atomic E-state index is 0.808. The Bertz CT molecular complexity index is 256. The number of hydrogen-bond acceptors (Lipinski definition) is 8. The van der Waals surface area contributed by atoms with Crippen molar-refractivity contribution in [1.82, 2.24) is 0 Å². The highest BCUT2D eigenvalue weighted by atomic mass is 16.6. The maximum atomic E-state index is 10.8. The average Bonchev–Trinajstić information content (AvgIpc) is 2.54. The maximum Gasteiger partial charge on any atom is 0.338 e. The van der Waals surface area contributed by atoms with Crippen LogP contribution in [0.4, 0.5) is 0 Å². The van der Waals surface area contributed by atoms with Crippen molar-refractivity contribution in [3.8, 4) is 0 Å². The largest absolute Gasteiger partial charge is 0.455 e. The van der Waals surface area contributed by atoms with Crippen molar-refractivity contribution >= 4 is 5.97 Å². The molecule has 0 aliphatic carbocycles. The molecule has 8 heteroatoms. The number of ether oxygens (including phenoxy) is 1. The number of esters is 1. The molecule has 6 atom stereocenters. The predicted molar refractivity (Wildman–Crippen MR) is 47.0 cm³/mol. The molecule has 94 valence electrons. The number of rotatable bonds is 4. The van der Waals surface area contributed by atoms with Crippen LogP contribution in [0.1, 0.15) is 0 Å². The van der Waals surface area contributed by atoms with Gasteiger partial charge in [-0.3, -0.25) is 0 Å². The highest BCUT2D eigenvalue weighted by Crippen LogP contribution is 2.21. The normalized spacial score (nSPS) is 35.6. The molecule has 0 aromatic rings. The lowest BCUT2D eigenvalue weighted by Crippen LogP contribution is -2.50. The van der Waals surface area contributed by atoms with Gasteiger partial charge in [-0.15, -0.1) is 0 Å². The first-order valence-electron chi connectivity index (χ1n) is 4.61. The van der Waals surface area contributed by atoms with Crippen molar-refractivity contribution in [2.75, 3.05) is 6.61 Å². The van der Waals surface area contributed by atoms with Crippen LogP contribution in [0.25, 0.3) is 0 Å². The lowest BCUT2D eigenvalue weighted by molar-refractivity contribution is -0.159. The van der Waals surface area contributed by atoms with Crippen LogP contribution >= 0.6 is 0 Å². The minimum Gasteiger partial charge on any atom is -0.455 e. The van der Waals surface area contributed by atoms with Gasteiger partial charge < -0.3 is 35.4 Å². The van der Waals surface area contributed by atoms with Gasteiger partial charge in [-0.05, 0) is 0 Å². The molecule has 1 aliphatic heterocycles. The third-order valence-corrected chi connectivity index (χ3v) is 2.42. The molecule has 0 radical (unpaired) electrons. The van der Waals surface area contributed by atoms with Crippen LogP contribution in [0.2, 0.25) is 0 Å². The van der Waals surface area contributed by atoms with Crippen molar-refractivity contribution in [2.24, 2.45) is 0 Å². The van der Waals surface area contributed by atoms with Gasteiger partial charge in [0.1, 0.15) is 24.4 Å². The zero-order chi connectivity index (χ0) is 12.5. The zero-order valence-corrected chi connectivity index (χ0v) is 8.17. The number of carbonyl (C=O) groups excluding carboxylic acids is 1. The van der Waals surface area contributed by atoms with E-state index in [1.807, 2.05) is 0 Å². The molecule has 0 saturated carbocycles. The van der Waals surface area contributed by atoms with E-state index in [4.69, 9.17) is 15.3 Å². The van der Waals surface area contributed by atoms with Gasteiger partial charge in [-0.25, -0.2) is 4.79 Å². The minimum atomic E-state index is -1.81. The molecule has 0 bridgehead atoms. The van der Waals surface area contributed by atoms with Crippen LogP contribution < -0.4 is 0 Å². The van der Waals surface area contributed by atoms with Crippen LogP contribution in [-0.2, 0) is 9.53 Å². The molecule has 0 aromatic carbocycles. The Morgan fingerprint density at radius 1 is 1.25 bits per heavy atom. The fourth-order valence-electron chi connectivity index (χ4n) is 1.39. The van der Waals surface area contributed by atoms with Crippen molar-refractivity contribution in [3.63, 3.8) is 0 Å². The van der Waals surface area contributed by atoms with Gasteiger partial charge in [0.05, 0.1) is 6.61 Å². The van der Waals surface area contributed by atoms with Gasteiger partial charge >= 0.3 is 5.97 Å². The highest BCUT2D eigenvalue weighted by molar-refractivity contribution is 5.77. The summed E-state index contributed by atoms with van der Waals surface area (Å²) in [7, 11) is 0. The Balaban J connectivity index is 2.68. The Morgan fingerprint density at radius 2 is 1.81 bits per heavy atom. The van der Waals surface area contributed by atoms with E-state index < -0.39 is 49.2 Å². The molecule has 0 aromatic heterocycles. The Kier molecular flexibility index (Phi) is 4.19. The van der Waals surface area contributed by atoms with Crippen LogP contribution in [0.3, 0.4) is 0 Å². The molecular formula is C8H14O8. The number of cyclic esters (lactones) is 1. The SMILES string of the molecule is O=C1O[C@H]([C@@H](O)[C@@H](O)[C@@H](O)CO)[C@H](O)[C@@H]1O. The number of aliphatic hydroxyl groups is 6. The number of carbonyl (C=O) groups is 1. The monoisotopic (exact) mass is 238 g/mol. The van der Waals surface area contributed by atoms with Gasteiger partial charge in [0, 0.05) is 0 Å². The summed E-state index contributed by atoms with van der Waals surface area (Å²) >= 11 is 0. The molecule has 1 rings (SSSR count). The molecule has 6 N–H and O–H groups in total. The van der Waals surface area contributed by atoms with Crippen LogP contribution in [0, 0.1) is 0 Å². The lowest BCUT2D eigenvalue weighted by Gasteiger charge is -2.26. The lowest BCUT2D eigenvalue weighted by atomic mass is 9.99. The summed E-state index contributed by atoms with van der Waals surface area (Å²) in [6.07, 6.45) is -10.3. The van der Waals surface area contributed by atoms with E-state index in [0.717, 1.165) is 0 Å². The van der Waals surface area contributed by atoms with E-state index in [9.17, 15) is 20.1 Å². The molecule has 0 amide bonds. The zero-order valence-electron chi connectivity index (χ0n) is 8.17. The van der Waals surface area contributed by atoms with Crippen LogP contribution in [0.15, 0.2) is 0 Å². The quantitative estimate of drug-likeness (QED) is 0.269. The molecule has 1 aliphatic rings. The fraction of sp³-hybridized carbons (Fsp3) is 0.875. The summed E-state index contributed by atoms with van der Waals surface area (Å²) in [6.45, 7) is -0.808. The standard InChI is InChI=1S/C8H14O8/c9-1-2(10)3(11)4(12)7-5(13)6(14)8(15)16-7/h2-7,9-14H,1H2/t2-,3-,4-,5+,6-,7+/m0/s1. The van der Waals surface area contributed by atoms with E-state index in [0.29, 0.717) is 0 Å². The van der Waals surface area contributed by atoms with Gasteiger partial charge in [0.2, 0.25) is 0 Å². The van der Waals surface area contributed by atoms with E-state index in [1.165, 1.54) is 0 Å².